The molecular formula is C20H24N2O3S. The van der Waals surface area contributed by atoms with Crippen LogP contribution in [0.3, 0.4) is 0 Å². The van der Waals surface area contributed by atoms with Crippen LogP contribution in [0.5, 0.6) is 5.75 Å². The molecule has 1 saturated heterocycles. The van der Waals surface area contributed by atoms with Gasteiger partial charge in [-0.05, 0) is 30.4 Å². The van der Waals surface area contributed by atoms with E-state index in [1.165, 1.54) is 0 Å². The van der Waals surface area contributed by atoms with E-state index in [-0.39, 0.29) is 11.8 Å². The molecule has 0 unspecified atom stereocenters. The quantitative estimate of drug-likeness (QED) is 0.624. The molecule has 0 aliphatic carbocycles. The Morgan fingerprint density at radius 1 is 1.15 bits per heavy atom. The van der Waals surface area contributed by atoms with E-state index in [1.807, 2.05) is 30.3 Å². The molecular weight excluding hydrogens is 348 g/mol. The number of hydrogen-bond donors (Lipinski definition) is 1. The molecule has 3 rings (SSSR count). The van der Waals surface area contributed by atoms with E-state index in [0.717, 1.165) is 53.0 Å². The number of primary amides is 1. The molecule has 0 aromatic heterocycles. The van der Waals surface area contributed by atoms with Gasteiger partial charge in [-0.25, -0.2) is 0 Å². The van der Waals surface area contributed by atoms with Crippen LogP contribution in [0.4, 0.5) is 0 Å². The van der Waals surface area contributed by atoms with Gasteiger partial charge in [0, 0.05) is 37.1 Å². The molecule has 0 saturated carbocycles. The van der Waals surface area contributed by atoms with E-state index in [1.54, 1.807) is 7.11 Å². The molecule has 1 aliphatic heterocycles. The van der Waals surface area contributed by atoms with Crippen LogP contribution in [0.2, 0.25) is 0 Å². The first kappa shape index (κ1) is 18.6. The van der Waals surface area contributed by atoms with Gasteiger partial charge in [0.2, 0.25) is 5.91 Å². The number of methoxy groups -OCH3 is 1. The Balaban J connectivity index is 1.83. The van der Waals surface area contributed by atoms with Crippen LogP contribution >= 0.6 is 12.2 Å². The predicted octanol–water partition coefficient (Wildman–Crippen LogP) is 2.74. The van der Waals surface area contributed by atoms with Crippen molar-refractivity contribution in [1.29, 1.82) is 0 Å². The van der Waals surface area contributed by atoms with Crippen molar-refractivity contribution in [2.24, 2.45) is 11.7 Å². The summed E-state index contributed by atoms with van der Waals surface area (Å²) in [5, 5.41) is 2.11. The number of nitrogens with zero attached hydrogens (tertiary/aromatic N) is 1. The summed E-state index contributed by atoms with van der Waals surface area (Å²) in [6.45, 7) is 2.56. The van der Waals surface area contributed by atoms with Crippen molar-refractivity contribution >= 4 is 33.9 Å². The number of rotatable bonds is 6. The molecule has 1 fully saturated rings. The van der Waals surface area contributed by atoms with Gasteiger partial charge >= 0.3 is 0 Å². The minimum Gasteiger partial charge on any atom is -0.491 e. The number of benzene rings is 2. The lowest BCUT2D eigenvalue weighted by Gasteiger charge is -2.33. The van der Waals surface area contributed by atoms with Crippen LogP contribution in [0.25, 0.3) is 10.8 Å². The number of carbonyl (C=O) groups excluding carboxylic acids is 1. The second kappa shape index (κ2) is 8.47. The fraction of sp³-hybridized carbons (Fsp3) is 0.400. The summed E-state index contributed by atoms with van der Waals surface area (Å²) in [5.74, 6) is 0.581. The lowest BCUT2D eigenvalue weighted by Crippen LogP contribution is -2.41. The molecule has 1 amide bonds. The smallest absolute Gasteiger partial charge is 0.220 e. The summed E-state index contributed by atoms with van der Waals surface area (Å²) in [6.07, 6.45) is 1.51. The van der Waals surface area contributed by atoms with E-state index in [4.69, 9.17) is 27.4 Å². The first-order chi connectivity index (χ1) is 12.6. The van der Waals surface area contributed by atoms with Gasteiger partial charge in [0.25, 0.3) is 0 Å². The molecule has 1 heterocycles. The number of hydrogen-bond acceptors (Lipinski definition) is 4. The topological polar surface area (TPSA) is 64.8 Å². The SMILES string of the molecule is COCCOc1ccc(C(=S)N2CCC(C(N)=O)CC2)c2ccccc12. The Bertz CT molecular complexity index is 801. The largest absolute Gasteiger partial charge is 0.491 e. The fourth-order valence-corrected chi connectivity index (χ4v) is 3.72. The molecule has 0 spiro atoms. The average Bonchev–Trinajstić information content (AvgIpc) is 2.68. The summed E-state index contributed by atoms with van der Waals surface area (Å²) in [7, 11) is 1.66. The highest BCUT2D eigenvalue weighted by molar-refractivity contribution is 7.80. The minimum atomic E-state index is -0.210. The van der Waals surface area contributed by atoms with E-state index in [0.29, 0.717) is 13.2 Å². The van der Waals surface area contributed by atoms with Crippen LogP contribution in [-0.2, 0) is 9.53 Å². The van der Waals surface area contributed by atoms with Crippen molar-refractivity contribution in [3.05, 3.63) is 42.0 Å². The first-order valence-corrected chi connectivity index (χ1v) is 9.24. The van der Waals surface area contributed by atoms with Crippen LogP contribution in [0, 0.1) is 5.92 Å². The van der Waals surface area contributed by atoms with Gasteiger partial charge in [0.1, 0.15) is 17.3 Å². The number of thiocarbonyl (C=S) groups is 1. The van der Waals surface area contributed by atoms with Crippen molar-refractivity contribution in [1.82, 2.24) is 4.90 Å². The van der Waals surface area contributed by atoms with E-state index < -0.39 is 0 Å². The molecule has 5 nitrogen and oxygen atoms in total. The molecule has 2 N–H and O–H groups in total. The van der Waals surface area contributed by atoms with Crippen molar-refractivity contribution in [2.45, 2.75) is 12.8 Å². The van der Waals surface area contributed by atoms with Crippen LogP contribution in [0.15, 0.2) is 36.4 Å². The van der Waals surface area contributed by atoms with Gasteiger partial charge < -0.3 is 20.1 Å². The summed E-state index contributed by atoms with van der Waals surface area (Å²) in [6, 6.07) is 12.1. The summed E-state index contributed by atoms with van der Waals surface area (Å²) >= 11 is 5.77. The predicted molar refractivity (Wildman–Crippen MR) is 107 cm³/mol. The van der Waals surface area contributed by atoms with Crippen molar-refractivity contribution in [3.8, 4) is 5.75 Å². The summed E-state index contributed by atoms with van der Waals surface area (Å²) < 4.78 is 10.9. The maximum atomic E-state index is 11.4. The number of nitrogens with two attached hydrogens (primary N) is 1. The molecule has 26 heavy (non-hydrogen) atoms. The monoisotopic (exact) mass is 372 g/mol. The maximum Gasteiger partial charge on any atom is 0.220 e. The standard InChI is InChI=1S/C20H24N2O3S/c1-24-12-13-25-18-7-6-17(15-4-2-3-5-16(15)18)20(26)22-10-8-14(9-11-22)19(21)23/h2-7,14H,8-13H2,1H3,(H2,21,23). The lowest BCUT2D eigenvalue weighted by molar-refractivity contribution is -0.122. The zero-order valence-corrected chi connectivity index (χ0v) is 15.8. The molecule has 1 aliphatic rings. The third kappa shape index (κ3) is 3.97. The van der Waals surface area contributed by atoms with E-state index in [2.05, 4.69) is 11.0 Å². The Morgan fingerprint density at radius 3 is 2.50 bits per heavy atom. The minimum absolute atomic E-state index is 0.0395. The van der Waals surface area contributed by atoms with Crippen LogP contribution < -0.4 is 10.5 Å². The van der Waals surface area contributed by atoms with E-state index >= 15 is 0 Å². The van der Waals surface area contributed by atoms with Gasteiger partial charge in [-0.3, -0.25) is 4.79 Å². The normalized spacial score (nSPS) is 15.2. The second-order valence-corrected chi connectivity index (χ2v) is 6.85. The van der Waals surface area contributed by atoms with E-state index in [9.17, 15) is 4.79 Å². The highest BCUT2D eigenvalue weighted by Crippen LogP contribution is 2.30. The molecule has 138 valence electrons. The highest BCUT2D eigenvalue weighted by Gasteiger charge is 2.25. The number of carbonyl (C=O) groups is 1. The molecule has 2 aromatic rings. The van der Waals surface area contributed by atoms with Gasteiger partial charge in [0.15, 0.2) is 0 Å². The van der Waals surface area contributed by atoms with Gasteiger partial charge in [-0.1, -0.05) is 36.5 Å². The molecule has 0 atom stereocenters. The Kier molecular flexibility index (Phi) is 6.06. The Hall–Kier alpha value is -2.18. The summed E-state index contributed by atoms with van der Waals surface area (Å²) in [4.78, 5) is 14.4. The molecule has 0 radical (unpaired) electrons. The number of ether oxygens (including phenoxy) is 2. The highest BCUT2D eigenvalue weighted by atomic mass is 32.1. The number of piperidine rings is 1. The average molecular weight is 372 g/mol. The fourth-order valence-electron chi connectivity index (χ4n) is 3.36. The van der Waals surface area contributed by atoms with Gasteiger partial charge in [-0.2, -0.15) is 0 Å². The summed E-state index contributed by atoms with van der Waals surface area (Å²) in [5.41, 5.74) is 6.45. The molecule has 2 aromatic carbocycles. The van der Waals surface area contributed by atoms with Crippen LogP contribution in [0.1, 0.15) is 18.4 Å². The zero-order chi connectivity index (χ0) is 18.5. The Labute approximate surface area is 159 Å². The lowest BCUT2D eigenvalue weighted by atomic mass is 9.95. The second-order valence-electron chi connectivity index (χ2n) is 6.47. The first-order valence-electron chi connectivity index (χ1n) is 8.84. The maximum absolute atomic E-state index is 11.4. The number of likely N-dealkylation sites (tertiary alicyclic amines) is 1. The molecule has 6 heteroatoms. The van der Waals surface area contributed by atoms with Gasteiger partial charge in [0.05, 0.1) is 6.61 Å². The van der Waals surface area contributed by atoms with Gasteiger partial charge in [-0.15, -0.1) is 0 Å². The zero-order valence-electron chi connectivity index (χ0n) is 14.9. The third-order valence-corrected chi connectivity index (χ3v) is 5.32. The third-order valence-electron chi connectivity index (χ3n) is 4.84. The number of amides is 1. The van der Waals surface area contributed by atoms with Crippen molar-refractivity contribution in [2.75, 3.05) is 33.4 Å². The Morgan fingerprint density at radius 2 is 1.85 bits per heavy atom. The van der Waals surface area contributed by atoms with Crippen LogP contribution in [-0.4, -0.2) is 49.2 Å². The van der Waals surface area contributed by atoms with Crippen molar-refractivity contribution in [3.63, 3.8) is 0 Å². The van der Waals surface area contributed by atoms with Crippen molar-refractivity contribution < 1.29 is 14.3 Å². The number of fused-ring (bicyclic) bond motifs is 1. The molecule has 0 bridgehead atoms.